The fourth-order valence-corrected chi connectivity index (χ4v) is 2.53. The Kier molecular flexibility index (Phi) is 8.18. The van der Waals surface area contributed by atoms with Gasteiger partial charge in [-0.25, -0.2) is 9.97 Å². The summed E-state index contributed by atoms with van der Waals surface area (Å²) in [6.45, 7) is 9.55. The van der Waals surface area contributed by atoms with Crippen molar-refractivity contribution in [2.45, 2.75) is 58.7 Å². The van der Waals surface area contributed by atoms with E-state index >= 15 is 0 Å². The topological polar surface area (TPSA) is 81.2 Å². The third-order valence-corrected chi connectivity index (χ3v) is 4.46. The molecular formula is C17H27N3O3S. The first-order chi connectivity index (χ1) is 11.2. The third kappa shape index (κ3) is 6.47. The van der Waals surface area contributed by atoms with Gasteiger partial charge in [0.15, 0.2) is 11.8 Å². The van der Waals surface area contributed by atoms with Gasteiger partial charge in [0, 0.05) is 23.9 Å². The van der Waals surface area contributed by atoms with Crippen LogP contribution in [0.5, 0.6) is 0 Å². The van der Waals surface area contributed by atoms with Gasteiger partial charge in [-0.15, -0.1) is 0 Å². The van der Waals surface area contributed by atoms with Crippen LogP contribution < -0.4 is 5.32 Å². The number of carbonyl (C=O) groups is 2. The quantitative estimate of drug-likeness (QED) is 0.439. The maximum Gasteiger partial charge on any atom is 0.306 e. The van der Waals surface area contributed by atoms with Gasteiger partial charge in [0.1, 0.15) is 0 Å². The fourth-order valence-electron chi connectivity index (χ4n) is 2.07. The zero-order valence-corrected chi connectivity index (χ0v) is 16.1. The number of rotatable bonds is 8. The first kappa shape index (κ1) is 20.4. The highest BCUT2D eigenvalue weighted by Gasteiger charge is 2.14. The number of esters is 1. The minimum Gasteiger partial charge on any atom is -0.456 e. The van der Waals surface area contributed by atoms with Crippen molar-refractivity contribution >= 4 is 23.6 Å². The Bertz CT molecular complexity index is 567. The van der Waals surface area contributed by atoms with Crippen LogP contribution in [0.1, 0.15) is 44.1 Å². The SMILES string of the molecule is CSc1nc(C)c(CCC(=O)OCC(=O)N[C@H](C)C(C)C)c(C)n1. The molecule has 0 unspecified atom stereocenters. The van der Waals surface area contributed by atoms with E-state index in [0.29, 0.717) is 12.3 Å². The van der Waals surface area contributed by atoms with Gasteiger partial charge in [0.05, 0.1) is 0 Å². The number of amides is 1. The molecule has 1 N–H and O–H groups in total. The minimum absolute atomic E-state index is 0.0496. The Morgan fingerprint density at radius 2 is 1.75 bits per heavy atom. The number of hydrogen-bond donors (Lipinski definition) is 1. The van der Waals surface area contributed by atoms with Crippen LogP contribution >= 0.6 is 11.8 Å². The minimum atomic E-state index is -0.393. The molecule has 1 aromatic heterocycles. The summed E-state index contributed by atoms with van der Waals surface area (Å²) in [6, 6.07) is 0.0496. The lowest BCUT2D eigenvalue weighted by Crippen LogP contribution is -2.38. The molecule has 134 valence electrons. The molecule has 1 aromatic rings. The van der Waals surface area contributed by atoms with Crippen molar-refractivity contribution in [2.24, 2.45) is 5.92 Å². The van der Waals surface area contributed by atoms with Crippen LogP contribution in [0.3, 0.4) is 0 Å². The number of hydrogen-bond acceptors (Lipinski definition) is 6. The van der Waals surface area contributed by atoms with Gasteiger partial charge in [0.2, 0.25) is 0 Å². The summed E-state index contributed by atoms with van der Waals surface area (Å²) < 4.78 is 5.03. The standard InChI is InChI=1S/C17H27N3O3S/c1-10(2)11(3)18-15(21)9-23-16(22)8-7-14-12(4)19-17(24-6)20-13(14)5/h10-11H,7-9H2,1-6H3,(H,18,21)/t11-/m1/s1. The van der Waals surface area contributed by atoms with Crippen molar-refractivity contribution in [3.63, 3.8) is 0 Å². The first-order valence-corrected chi connectivity index (χ1v) is 9.30. The number of nitrogens with one attached hydrogen (secondary N) is 1. The maximum atomic E-state index is 11.8. The van der Waals surface area contributed by atoms with Crippen LogP contribution in [0.15, 0.2) is 5.16 Å². The predicted molar refractivity (Wildman–Crippen MR) is 95.0 cm³/mol. The second kappa shape index (κ2) is 9.61. The van der Waals surface area contributed by atoms with Crippen molar-refractivity contribution < 1.29 is 14.3 Å². The molecule has 1 amide bonds. The number of ether oxygens (including phenoxy) is 1. The molecule has 0 aromatic carbocycles. The van der Waals surface area contributed by atoms with Crippen LogP contribution in [0.2, 0.25) is 0 Å². The monoisotopic (exact) mass is 353 g/mol. The first-order valence-electron chi connectivity index (χ1n) is 8.07. The lowest BCUT2D eigenvalue weighted by atomic mass is 10.1. The molecule has 0 saturated carbocycles. The lowest BCUT2D eigenvalue weighted by molar-refractivity contribution is -0.148. The highest BCUT2D eigenvalue weighted by atomic mass is 32.2. The molecule has 24 heavy (non-hydrogen) atoms. The summed E-state index contributed by atoms with van der Waals surface area (Å²) in [5, 5.41) is 3.53. The summed E-state index contributed by atoms with van der Waals surface area (Å²) >= 11 is 1.49. The normalized spacial score (nSPS) is 12.1. The number of aromatic nitrogens is 2. The highest BCUT2D eigenvalue weighted by molar-refractivity contribution is 7.98. The largest absolute Gasteiger partial charge is 0.456 e. The van der Waals surface area contributed by atoms with Crippen LogP contribution in [-0.2, 0) is 20.7 Å². The summed E-state index contributed by atoms with van der Waals surface area (Å²) in [6.07, 6.45) is 2.64. The summed E-state index contributed by atoms with van der Waals surface area (Å²) in [5.41, 5.74) is 2.72. The number of carbonyl (C=O) groups excluding carboxylic acids is 2. The Balaban J connectivity index is 2.46. The van der Waals surface area contributed by atoms with Gasteiger partial charge < -0.3 is 10.1 Å². The van der Waals surface area contributed by atoms with E-state index in [0.717, 1.165) is 22.1 Å². The Labute approximate surface area is 148 Å². The summed E-state index contributed by atoms with van der Waals surface area (Å²) in [5.74, 6) is -0.334. The summed E-state index contributed by atoms with van der Waals surface area (Å²) in [7, 11) is 0. The molecule has 0 aliphatic rings. The smallest absolute Gasteiger partial charge is 0.306 e. The van der Waals surface area contributed by atoms with Gasteiger partial charge in [-0.05, 0) is 44.9 Å². The van der Waals surface area contributed by atoms with Crippen LogP contribution in [-0.4, -0.2) is 40.7 Å². The zero-order valence-electron chi connectivity index (χ0n) is 15.3. The number of aryl methyl sites for hydroxylation is 2. The zero-order chi connectivity index (χ0) is 18.3. The van der Waals surface area contributed by atoms with Crippen LogP contribution in [0, 0.1) is 19.8 Å². The molecule has 0 bridgehead atoms. The van der Waals surface area contributed by atoms with Gasteiger partial charge in [-0.3, -0.25) is 9.59 Å². The lowest BCUT2D eigenvalue weighted by Gasteiger charge is -2.17. The van der Waals surface area contributed by atoms with Crippen LogP contribution in [0.4, 0.5) is 0 Å². The molecule has 7 heteroatoms. The number of nitrogens with zero attached hydrogens (tertiary/aromatic N) is 2. The second-order valence-corrected chi connectivity index (χ2v) is 6.89. The van der Waals surface area contributed by atoms with Gasteiger partial charge in [-0.1, -0.05) is 25.6 Å². The molecule has 0 saturated heterocycles. The van der Waals surface area contributed by atoms with Crippen molar-refractivity contribution in [1.29, 1.82) is 0 Å². The average molecular weight is 353 g/mol. The van der Waals surface area contributed by atoms with E-state index in [1.165, 1.54) is 11.8 Å². The molecule has 1 rings (SSSR count). The van der Waals surface area contributed by atoms with Crippen molar-refractivity contribution in [2.75, 3.05) is 12.9 Å². The Hall–Kier alpha value is -1.63. The number of thioether (sulfide) groups is 1. The van der Waals surface area contributed by atoms with Gasteiger partial charge in [-0.2, -0.15) is 0 Å². The fraction of sp³-hybridized carbons (Fsp3) is 0.647. The Morgan fingerprint density at radius 1 is 1.17 bits per heavy atom. The third-order valence-electron chi connectivity index (χ3n) is 3.91. The molecule has 0 aliphatic heterocycles. The van der Waals surface area contributed by atoms with Gasteiger partial charge in [0.25, 0.3) is 5.91 Å². The van der Waals surface area contributed by atoms with E-state index in [2.05, 4.69) is 15.3 Å². The van der Waals surface area contributed by atoms with Crippen molar-refractivity contribution in [3.05, 3.63) is 17.0 Å². The Morgan fingerprint density at radius 3 is 2.25 bits per heavy atom. The molecular weight excluding hydrogens is 326 g/mol. The maximum absolute atomic E-state index is 11.8. The van der Waals surface area contributed by atoms with Crippen molar-refractivity contribution in [3.8, 4) is 0 Å². The van der Waals surface area contributed by atoms with E-state index in [9.17, 15) is 9.59 Å². The molecule has 0 aliphatic carbocycles. The van der Waals surface area contributed by atoms with Gasteiger partial charge >= 0.3 is 5.97 Å². The molecule has 0 spiro atoms. The van der Waals surface area contributed by atoms with Crippen molar-refractivity contribution in [1.82, 2.24) is 15.3 Å². The van der Waals surface area contributed by atoms with Crippen LogP contribution in [0.25, 0.3) is 0 Å². The average Bonchev–Trinajstić information content (AvgIpc) is 2.51. The van der Waals surface area contributed by atoms with E-state index in [1.807, 2.05) is 40.9 Å². The summed E-state index contributed by atoms with van der Waals surface area (Å²) in [4.78, 5) is 32.3. The predicted octanol–water partition coefficient (Wildman–Crippen LogP) is 2.45. The van der Waals surface area contributed by atoms with E-state index in [4.69, 9.17) is 4.74 Å². The molecule has 0 radical (unpaired) electrons. The molecule has 6 nitrogen and oxygen atoms in total. The van der Waals surface area contributed by atoms with E-state index < -0.39 is 5.97 Å². The molecule has 1 atom stereocenters. The second-order valence-electron chi connectivity index (χ2n) is 6.12. The molecule has 0 fully saturated rings. The van der Waals surface area contributed by atoms with E-state index in [1.54, 1.807) is 0 Å². The highest BCUT2D eigenvalue weighted by Crippen LogP contribution is 2.17. The molecule has 1 heterocycles. The van der Waals surface area contributed by atoms with E-state index in [-0.39, 0.29) is 25.0 Å².